The molecule has 1 nitrogen and oxygen atoms in total. The third-order valence-electron chi connectivity index (χ3n) is 3.74. The second-order valence-electron chi connectivity index (χ2n) is 4.63. The number of allylic oxidation sites excluding steroid dienone is 2. The second kappa shape index (κ2) is 4.17. The second-order valence-corrected chi connectivity index (χ2v) is 4.63. The minimum absolute atomic E-state index is 0.632. The van der Waals surface area contributed by atoms with E-state index in [2.05, 4.69) is 0 Å². The van der Waals surface area contributed by atoms with Gasteiger partial charge in [0.05, 0.1) is 5.76 Å². The Bertz CT molecular complexity index is 189. The van der Waals surface area contributed by atoms with Crippen molar-refractivity contribution in [3.8, 4) is 0 Å². The van der Waals surface area contributed by atoms with E-state index in [1.165, 1.54) is 38.5 Å². The summed E-state index contributed by atoms with van der Waals surface area (Å²) in [6.45, 7) is 0. The van der Waals surface area contributed by atoms with E-state index in [0.717, 1.165) is 24.7 Å². The van der Waals surface area contributed by atoms with Gasteiger partial charge in [-0.2, -0.15) is 0 Å². The van der Waals surface area contributed by atoms with Gasteiger partial charge in [-0.1, -0.05) is 32.1 Å². The van der Waals surface area contributed by atoms with Gasteiger partial charge in [0.1, 0.15) is 0 Å². The lowest BCUT2D eigenvalue weighted by molar-refractivity contribution is 0.216. The molecule has 0 spiro atoms. The molecule has 0 radical (unpaired) electrons. The molecule has 1 fully saturated rings. The van der Waals surface area contributed by atoms with Gasteiger partial charge in [-0.25, -0.2) is 0 Å². The number of hydrogen-bond acceptors (Lipinski definition) is 1. The maximum atomic E-state index is 9.29. The van der Waals surface area contributed by atoms with Crippen molar-refractivity contribution in [3.63, 3.8) is 0 Å². The van der Waals surface area contributed by atoms with Crippen molar-refractivity contribution >= 4 is 0 Å². The molecule has 1 unspecified atom stereocenters. The van der Waals surface area contributed by atoms with Crippen LogP contribution in [0.15, 0.2) is 11.8 Å². The summed E-state index contributed by atoms with van der Waals surface area (Å²) in [7, 11) is 0. The lowest BCUT2D eigenvalue weighted by Crippen LogP contribution is -2.19. The summed E-state index contributed by atoms with van der Waals surface area (Å²) in [5.41, 5.74) is 0. The Hall–Kier alpha value is -0.460. The van der Waals surface area contributed by atoms with Crippen molar-refractivity contribution < 1.29 is 5.11 Å². The van der Waals surface area contributed by atoms with E-state index in [0.29, 0.717) is 5.76 Å². The van der Waals surface area contributed by atoms with Gasteiger partial charge in [0.15, 0.2) is 0 Å². The zero-order valence-corrected chi connectivity index (χ0v) is 8.34. The van der Waals surface area contributed by atoms with Gasteiger partial charge in [-0.15, -0.1) is 0 Å². The van der Waals surface area contributed by atoms with E-state index < -0.39 is 0 Å². The van der Waals surface area contributed by atoms with Gasteiger partial charge in [-0.05, 0) is 30.8 Å². The monoisotopic (exact) mass is 180 g/mol. The lowest BCUT2D eigenvalue weighted by atomic mass is 9.75. The Morgan fingerprint density at radius 3 is 2.38 bits per heavy atom. The molecule has 2 aliphatic carbocycles. The summed E-state index contributed by atoms with van der Waals surface area (Å²) in [4.78, 5) is 0. The van der Waals surface area contributed by atoms with Crippen molar-refractivity contribution in [1.29, 1.82) is 0 Å². The Balaban J connectivity index is 1.86. The smallest absolute Gasteiger partial charge is 0.0883 e. The molecule has 2 rings (SSSR count). The van der Waals surface area contributed by atoms with E-state index >= 15 is 0 Å². The predicted molar refractivity (Wildman–Crippen MR) is 54.6 cm³/mol. The maximum absolute atomic E-state index is 9.29. The van der Waals surface area contributed by atoms with Crippen LogP contribution in [-0.2, 0) is 0 Å². The molecule has 0 aromatic carbocycles. The van der Waals surface area contributed by atoms with Gasteiger partial charge in [0.2, 0.25) is 0 Å². The molecule has 1 saturated carbocycles. The van der Waals surface area contributed by atoms with Crippen molar-refractivity contribution in [2.45, 2.75) is 51.4 Å². The largest absolute Gasteiger partial charge is 0.513 e. The van der Waals surface area contributed by atoms with E-state index in [-0.39, 0.29) is 0 Å². The first-order chi connectivity index (χ1) is 6.36. The SMILES string of the molecule is OC1=CCC(C2CCCCC2)CC1. The van der Waals surface area contributed by atoms with Crippen LogP contribution >= 0.6 is 0 Å². The average Bonchev–Trinajstić information content (AvgIpc) is 2.20. The minimum atomic E-state index is 0.632. The summed E-state index contributed by atoms with van der Waals surface area (Å²) in [6.07, 6.45) is 12.6. The van der Waals surface area contributed by atoms with Gasteiger partial charge in [0.25, 0.3) is 0 Å². The molecule has 0 heterocycles. The first-order valence-electron chi connectivity index (χ1n) is 5.74. The molecule has 1 atom stereocenters. The van der Waals surface area contributed by atoms with Crippen LogP contribution in [0.2, 0.25) is 0 Å². The normalized spacial score (nSPS) is 31.4. The Morgan fingerprint density at radius 2 is 1.77 bits per heavy atom. The van der Waals surface area contributed by atoms with Crippen LogP contribution < -0.4 is 0 Å². The molecule has 13 heavy (non-hydrogen) atoms. The van der Waals surface area contributed by atoms with Crippen molar-refractivity contribution in [1.82, 2.24) is 0 Å². The van der Waals surface area contributed by atoms with E-state index in [4.69, 9.17) is 0 Å². The van der Waals surface area contributed by atoms with Gasteiger partial charge < -0.3 is 5.11 Å². The van der Waals surface area contributed by atoms with Gasteiger partial charge in [0, 0.05) is 6.42 Å². The van der Waals surface area contributed by atoms with Crippen LogP contribution in [0.3, 0.4) is 0 Å². The molecular weight excluding hydrogens is 160 g/mol. The molecule has 0 saturated heterocycles. The first-order valence-corrected chi connectivity index (χ1v) is 5.74. The fraction of sp³-hybridized carbons (Fsp3) is 0.833. The number of hydrogen-bond donors (Lipinski definition) is 1. The van der Waals surface area contributed by atoms with E-state index in [1.54, 1.807) is 0 Å². The number of rotatable bonds is 1. The number of aliphatic hydroxyl groups excluding tert-OH is 1. The highest BCUT2D eigenvalue weighted by Crippen LogP contribution is 2.37. The average molecular weight is 180 g/mol. The molecule has 74 valence electrons. The van der Waals surface area contributed by atoms with Crippen LogP contribution in [0.1, 0.15) is 51.4 Å². The number of aliphatic hydroxyl groups is 1. The molecule has 0 amide bonds. The van der Waals surface area contributed by atoms with Crippen LogP contribution in [0.4, 0.5) is 0 Å². The standard InChI is InChI=1S/C12H20O/c13-12-8-6-11(7-9-12)10-4-2-1-3-5-10/h8,10-11,13H,1-7,9H2. The molecule has 1 heteroatoms. The highest BCUT2D eigenvalue weighted by molar-refractivity contribution is 4.98. The van der Waals surface area contributed by atoms with Gasteiger partial charge in [-0.3, -0.25) is 0 Å². The molecular formula is C12H20O. The predicted octanol–water partition coefficient (Wildman–Crippen LogP) is 3.81. The quantitative estimate of drug-likeness (QED) is 0.650. The molecule has 2 aliphatic rings. The topological polar surface area (TPSA) is 20.2 Å². The molecule has 1 N–H and O–H groups in total. The highest BCUT2D eigenvalue weighted by atomic mass is 16.3. The van der Waals surface area contributed by atoms with Crippen molar-refractivity contribution in [2.24, 2.45) is 11.8 Å². The summed E-state index contributed by atoms with van der Waals surface area (Å²) in [6, 6.07) is 0. The van der Waals surface area contributed by atoms with Crippen LogP contribution in [0, 0.1) is 11.8 Å². The minimum Gasteiger partial charge on any atom is -0.513 e. The summed E-state index contributed by atoms with van der Waals surface area (Å²) < 4.78 is 0. The first kappa shape index (κ1) is 9.11. The third kappa shape index (κ3) is 2.26. The van der Waals surface area contributed by atoms with Crippen LogP contribution in [-0.4, -0.2) is 5.11 Å². The summed E-state index contributed by atoms with van der Waals surface area (Å²) in [5, 5.41) is 9.29. The molecule has 0 aromatic rings. The summed E-state index contributed by atoms with van der Waals surface area (Å²) in [5.74, 6) is 2.49. The highest BCUT2D eigenvalue weighted by Gasteiger charge is 2.24. The Kier molecular flexibility index (Phi) is 2.92. The van der Waals surface area contributed by atoms with E-state index in [9.17, 15) is 5.11 Å². The fourth-order valence-corrected chi connectivity index (χ4v) is 2.87. The fourth-order valence-electron chi connectivity index (χ4n) is 2.87. The van der Waals surface area contributed by atoms with Crippen LogP contribution in [0.25, 0.3) is 0 Å². The summed E-state index contributed by atoms with van der Waals surface area (Å²) >= 11 is 0. The Labute approximate surface area is 80.8 Å². The third-order valence-corrected chi connectivity index (χ3v) is 3.74. The molecule has 0 aliphatic heterocycles. The van der Waals surface area contributed by atoms with Crippen molar-refractivity contribution in [3.05, 3.63) is 11.8 Å². The Morgan fingerprint density at radius 1 is 1.00 bits per heavy atom. The van der Waals surface area contributed by atoms with Crippen molar-refractivity contribution in [2.75, 3.05) is 0 Å². The molecule has 0 aromatic heterocycles. The maximum Gasteiger partial charge on any atom is 0.0883 e. The molecule has 0 bridgehead atoms. The lowest BCUT2D eigenvalue weighted by Gasteiger charge is -2.31. The van der Waals surface area contributed by atoms with Gasteiger partial charge >= 0.3 is 0 Å². The zero-order valence-electron chi connectivity index (χ0n) is 8.34. The van der Waals surface area contributed by atoms with Crippen LogP contribution in [0.5, 0.6) is 0 Å². The van der Waals surface area contributed by atoms with E-state index in [1.807, 2.05) is 6.08 Å². The zero-order chi connectivity index (χ0) is 9.10.